The van der Waals surface area contributed by atoms with Gasteiger partial charge in [-0.3, -0.25) is 4.79 Å². The number of amides is 1. The number of nitrogens with zero attached hydrogens (tertiary/aromatic N) is 1. The zero-order valence-corrected chi connectivity index (χ0v) is 12.7. The summed E-state index contributed by atoms with van der Waals surface area (Å²) in [4.78, 5) is 14.4. The first-order valence-corrected chi connectivity index (χ1v) is 7.52. The van der Waals surface area contributed by atoms with E-state index in [4.69, 9.17) is 4.74 Å². The molecule has 2 rings (SSSR count). The summed E-state index contributed by atoms with van der Waals surface area (Å²) >= 11 is 0. The molecule has 1 heterocycles. The van der Waals surface area contributed by atoms with E-state index in [-0.39, 0.29) is 11.7 Å². The predicted molar refractivity (Wildman–Crippen MR) is 80.2 cm³/mol. The molecule has 0 aromatic heterocycles. The molecule has 1 amide bonds. The van der Waals surface area contributed by atoms with Crippen molar-refractivity contribution in [2.75, 3.05) is 26.7 Å². The van der Waals surface area contributed by atoms with Crippen molar-refractivity contribution in [1.82, 2.24) is 10.2 Å². The molecule has 0 spiro atoms. The Labute approximate surface area is 125 Å². The standard InChI is InChI=1S/C16H23FN2O2/c1-3-8-18-13-5-4-9-19(11-13)16(20)12-6-7-14(17)15(10-12)21-2/h6-7,10,13,18H,3-5,8-9,11H2,1-2H3. The number of ether oxygens (including phenoxy) is 1. The van der Waals surface area contributed by atoms with Gasteiger partial charge in [-0.25, -0.2) is 4.39 Å². The maximum atomic E-state index is 13.4. The molecule has 0 aliphatic carbocycles. The first kappa shape index (κ1) is 15.8. The highest BCUT2D eigenvalue weighted by Crippen LogP contribution is 2.21. The Hall–Kier alpha value is -1.62. The minimum Gasteiger partial charge on any atom is -0.494 e. The summed E-state index contributed by atoms with van der Waals surface area (Å²) in [5.41, 5.74) is 0.476. The minimum absolute atomic E-state index is 0.0590. The Morgan fingerprint density at radius 2 is 2.33 bits per heavy atom. The molecule has 1 N–H and O–H groups in total. The molecule has 0 bridgehead atoms. The van der Waals surface area contributed by atoms with E-state index in [2.05, 4.69) is 12.2 Å². The van der Waals surface area contributed by atoms with Crippen LogP contribution in [0.2, 0.25) is 0 Å². The molecule has 0 radical (unpaired) electrons. The fourth-order valence-corrected chi connectivity index (χ4v) is 2.65. The molecule has 4 nitrogen and oxygen atoms in total. The van der Waals surface area contributed by atoms with E-state index in [1.54, 1.807) is 0 Å². The molecule has 5 heteroatoms. The fraction of sp³-hybridized carbons (Fsp3) is 0.562. The van der Waals surface area contributed by atoms with Crippen LogP contribution < -0.4 is 10.1 Å². The number of benzene rings is 1. The van der Waals surface area contributed by atoms with Crippen LogP contribution in [0.5, 0.6) is 5.75 Å². The van der Waals surface area contributed by atoms with Gasteiger partial charge in [-0.2, -0.15) is 0 Å². The maximum absolute atomic E-state index is 13.4. The number of likely N-dealkylation sites (tertiary alicyclic amines) is 1. The van der Waals surface area contributed by atoms with Gasteiger partial charge in [0.05, 0.1) is 7.11 Å². The quantitative estimate of drug-likeness (QED) is 0.907. The normalized spacial score (nSPS) is 18.6. The van der Waals surface area contributed by atoms with Crippen molar-refractivity contribution in [3.05, 3.63) is 29.6 Å². The van der Waals surface area contributed by atoms with Gasteiger partial charge in [0.2, 0.25) is 0 Å². The number of rotatable bonds is 5. The maximum Gasteiger partial charge on any atom is 0.254 e. The van der Waals surface area contributed by atoms with Crippen LogP contribution in [0.15, 0.2) is 18.2 Å². The van der Waals surface area contributed by atoms with Crippen molar-refractivity contribution in [3.8, 4) is 5.75 Å². The van der Waals surface area contributed by atoms with Crippen LogP contribution in [0.1, 0.15) is 36.5 Å². The van der Waals surface area contributed by atoms with Crippen LogP contribution in [0, 0.1) is 5.82 Å². The van der Waals surface area contributed by atoms with E-state index in [9.17, 15) is 9.18 Å². The number of halogens is 1. The number of carbonyl (C=O) groups excluding carboxylic acids is 1. The lowest BCUT2D eigenvalue weighted by atomic mass is 10.0. The van der Waals surface area contributed by atoms with Crippen LogP contribution in [-0.2, 0) is 0 Å². The molecule has 1 aromatic carbocycles. The Morgan fingerprint density at radius 1 is 1.52 bits per heavy atom. The van der Waals surface area contributed by atoms with Gasteiger partial charge in [-0.1, -0.05) is 6.92 Å². The SMILES string of the molecule is CCCNC1CCCN(C(=O)c2ccc(F)c(OC)c2)C1. The molecule has 1 fully saturated rings. The van der Waals surface area contributed by atoms with Crippen molar-refractivity contribution in [1.29, 1.82) is 0 Å². The van der Waals surface area contributed by atoms with Gasteiger partial charge < -0.3 is 15.0 Å². The highest BCUT2D eigenvalue weighted by atomic mass is 19.1. The lowest BCUT2D eigenvalue weighted by Crippen LogP contribution is -2.48. The summed E-state index contributed by atoms with van der Waals surface area (Å²) in [7, 11) is 1.40. The van der Waals surface area contributed by atoms with Gasteiger partial charge in [-0.05, 0) is 44.0 Å². The zero-order valence-electron chi connectivity index (χ0n) is 12.7. The number of hydrogen-bond acceptors (Lipinski definition) is 3. The number of nitrogens with one attached hydrogen (secondary N) is 1. The van der Waals surface area contributed by atoms with Crippen molar-refractivity contribution in [2.24, 2.45) is 0 Å². The average molecular weight is 294 g/mol. The largest absolute Gasteiger partial charge is 0.494 e. The highest BCUT2D eigenvalue weighted by molar-refractivity contribution is 5.94. The Morgan fingerprint density at radius 3 is 3.05 bits per heavy atom. The van der Waals surface area contributed by atoms with Gasteiger partial charge in [0.15, 0.2) is 11.6 Å². The summed E-state index contributed by atoms with van der Waals surface area (Å²) in [5, 5.41) is 3.46. The molecule has 116 valence electrons. The molecule has 1 aliphatic rings. The summed E-state index contributed by atoms with van der Waals surface area (Å²) in [6.45, 7) is 4.56. The average Bonchev–Trinajstić information content (AvgIpc) is 2.53. The highest BCUT2D eigenvalue weighted by Gasteiger charge is 2.24. The smallest absolute Gasteiger partial charge is 0.254 e. The molecule has 1 unspecified atom stereocenters. The summed E-state index contributed by atoms with van der Waals surface area (Å²) in [6, 6.07) is 4.62. The number of carbonyl (C=O) groups is 1. The van der Waals surface area contributed by atoms with Crippen LogP contribution in [0.4, 0.5) is 4.39 Å². The lowest BCUT2D eigenvalue weighted by molar-refractivity contribution is 0.0694. The molecule has 1 aromatic rings. The van der Waals surface area contributed by atoms with Crippen molar-refractivity contribution >= 4 is 5.91 Å². The van der Waals surface area contributed by atoms with Crippen molar-refractivity contribution in [2.45, 2.75) is 32.2 Å². The zero-order chi connectivity index (χ0) is 15.2. The fourth-order valence-electron chi connectivity index (χ4n) is 2.65. The molecular weight excluding hydrogens is 271 g/mol. The predicted octanol–water partition coefficient (Wildman–Crippen LogP) is 2.44. The van der Waals surface area contributed by atoms with E-state index in [0.717, 1.165) is 32.4 Å². The van der Waals surface area contributed by atoms with E-state index in [1.165, 1.54) is 25.3 Å². The topological polar surface area (TPSA) is 41.6 Å². The summed E-state index contributed by atoms with van der Waals surface area (Å²) in [6.07, 6.45) is 3.17. The second kappa shape index (κ2) is 7.41. The van der Waals surface area contributed by atoms with Crippen molar-refractivity contribution in [3.63, 3.8) is 0 Å². The third-order valence-electron chi connectivity index (χ3n) is 3.79. The molecule has 21 heavy (non-hydrogen) atoms. The lowest BCUT2D eigenvalue weighted by Gasteiger charge is -2.33. The second-order valence-corrected chi connectivity index (χ2v) is 5.39. The van der Waals surface area contributed by atoms with Gasteiger partial charge in [0, 0.05) is 24.7 Å². The van der Waals surface area contributed by atoms with Gasteiger partial charge in [0.1, 0.15) is 0 Å². The van der Waals surface area contributed by atoms with Crippen LogP contribution >= 0.6 is 0 Å². The summed E-state index contributed by atoms with van der Waals surface area (Å²) in [5.74, 6) is -0.398. The first-order valence-electron chi connectivity index (χ1n) is 7.52. The Balaban J connectivity index is 2.05. The molecule has 1 saturated heterocycles. The minimum atomic E-state index is -0.449. The van der Waals surface area contributed by atoms with Crippen LogP contribution in [-0.4, -0.2) is 43.6 Å². The van der Waals surface area contributed by atoms with E-state index in [0.29, 0.717) is 18.2 Å². The van der Waals surface area contributed by atoms with E-state index < -0.39 is 5.82 Å². The number of methoxy groups -OCH3 is 1. The van der Waals surface area contributed by atoms with Gasteiger partial charge >= 0.3 is 0 Å². The number of hydrogen-bond donors (Lipinski definition) is 1. The Kier molecular flexibility index (Phi) is 5.56. The van der Waals surface area contributed by atoms with Gasteiger partial charge in [-0.15, -0.1) is 0 Å². The van der Waals surface area contributed by atoms with E-state index in [1.807, 2.05) is 4.90 Å². The third kappa shape index (κ3) is 3.94. The molecule has 0 saturated carbocycles. The van der Waals surface area contributed by atoms with E-state index >= 15 is 0 Å². The number of piperidine rings is 1. The van der Waals surface area contributed by atoms with Crippen molar-refractivity contribution < 1.29 is 13.9 Å². The Bertz CT molecular complexity index is 493. The van der Waals surface area contributed by atoms with Crippen LogP contribution in [0.25, 0.3) is 0 Å². The molecule has 1 atom stereocenters. The molecular formula is C16H23FN2O2. The second-order valence-electron chi connectivity index (χ2n) is 5.39. The molecule has 1 aliphatic heterocycles. The summed E-state index contributed by atoms with van der Waals surface area (Å²) < 4.78 is 18.4. The van der Waals surface area contributed by atoms with Crippen LogP contribution in [0.3, 0.4) is 0 Å². The monoisotopic (exact) mass is 294 g/mol. The first-order chi connectivity index (χ1) is 10.2. The van der Waals surface area contributed by atoms with Gasteiger partial charge in [0.25, 0.3) is 5.91 Å². The third-order valence-corrected chi connectivity index (χ3v) is 3.79.